The third-order valence-electron chi connectivity index (χ3n) is 6.82. The van der Waals surface area contributed by atoms with E-state index in [1.54, 1.807) is 0 Å². The zero-order chi connectivity index (χ0) is 20.3. The first-order chi connectivity index (χ1) is 14.8. The van der Waals surface area contributed by atoms with Crippen LogP contribution < -0.4 is 0 Å². The largest absolute Gasteiger partial charge is 0.381 e. The van der Waals surface area contributed by atoms with Crippen LogP contribution in [0.5, 0.6) is 0 Å². The Morgan fingerprint density at radius 2 is 1.60 bits per heavy atom. The van der Waals surface area contributed by atoms with E-state index in [0.29, 0.717) is 0 Å². The standard InChI is InChI=1S/C29H30O/c1-2-22-13-14-24(27-8-4-3-7-26(22)27)20-25-19-23(28-9-5-6-10-29(25)28)12-11-21-15-17-30-18-16-21/h3-10,13-14,19-21H,2,11-12,15-18H2,1H3/b25-20+. The van der Waals surface area contributed by atoms with Gasteiger partial charge in [-0.05, 0) is 88.3 Å². The Morgan fingerprint density at radius 3 is 2.40 bits per heavy atom. The average Bonchev–Trinajstić information content (AvgIpc) is 3.16. The Hall–Kier alpha value is -2.64. The first-order valence-corrected chi connectivity index (χ1v) is 11.4. The lowest BCUT2D eigenvalue weighted by Gasteiger charge is -2.22. The van der Waals surface area contributed by atoms with Crippen molar-refractivity contribution < 1.29 is 4.74 Å². The highest BCUT2D eigenvalue weighted by molar-refractivity contribution is 6.05. The number of allylic oxidation sites excluding steroid dienone is 3. The summed E-state index contributed by atoms with van der Waals surface area (Å²) in [5, 5.41) is 2.73. The molecule has 0 amide bonds. The molecule has 1 saturated heterocycles. The van der Waals surface area contributed by atoms with Crippen LogP contribution in [0.25, 0.3) is 28.0 Å². The van der Waals surface area contributed by atoms with Gasteiger partial charge in [0.25, 0.3) is 0 Å². The number of hydrogen-bond acceptors (Lipinski definition) is 1. The van der Waals surface area contributed by atoms with Crippen molar-refractivity contribution in [3.8, 4) is 0 Å². The molecule has 1 aliphatic carbocycles. The summed E-state index contributed by atoms with van der Waals surface area (Å²) in [6.45, 7) is 4.11. The van der Waals surface area contributed by atoms with Crippen LogP contribution in [-0.2, 0) is 11.2 Å². The summed E-state index contributed by atoms with van der Waals surface area (Å²) in [6.07, 6.45) is 10.8. The molecule has 1 nitrogen and oxygen atoms in total. The molecule has 3 aromatic rings. The predicted octanol–water partition coefficient (Wildman–Crippen LogP) is 7.55. The van der Waals surface area contributed by atoms with Gasteiger partial charge in [-0.3, -0.25) is 0 Å². The van der Waals surface area contributed by atoms with E-state index < -0.39 is 0 Å². The van der Waals surface area contributed by atoms with Crippen LogP contribution in [0.4, 0.5) is 0 Å². The lowest BCUT2D eigenvalue weighted by molar-refractivity contribution is 0.0644. The van der Waals surface area contributed by atoms with Crippen LogP contribution in [0.3, 0.4) is 0 Å². The van der Waals surface area contributed by atoms with Gasteiger partial charge in [0.05, 0.1) is 0 Å². The normalized spacial score (nSPS) is 18.0. The first-order valence-electron chi connectivity index (χ1n) is 11.4. The number of benzene rings is 3. The van der Waals surface area contributed by atoms with Crippen molar-refractivity contribution in [2.75, 3.05) is 13.2 Å². The molecule has 3 aromatic carbocycles. The maximum absolute atomic E-state index is 5.54. The molecule has 0 bridgehead atoms. The molecular weight excluding hydrogens is 364 g/mol. The minimum absolute atomic E-state index is 0.811. The van der Waals surface area contributed by atoms with E-state index in [0.717, 1.165) is 32.0 Å². The number of hydrogen-bond donors (Lipinski definition) is 0. The van der Waals surface area contributed by atoms with Gasteiger partial charge in [-0.15, -0.1) is 0 Å². The lowest BCUT2D eigenvalue weighted by atomic mass is 9.91. The Morgan fingerprint density at radius 1 is 0.867 bits per heavy atom. The molecule has 0 saturated carbocycles. The molecule has 152 valence electrons. The molecule has 0 unspecified atom stereocenters. The monoisotopic (exact) mass is 394 g/mol. The lowest BCUT2D eigenvalue weighted by Crippen LogP contribution is -2.15. The van der Waals surface area contributed by atoms with Gasteiger partial charge in [-0.1, -0.05) is 73.7 Å². The van der Waals surface area contributed by atoms with Crippen LogP contribution in [0.1, 0.15) is 54.9 Å². The third-order valence-corrected chi connectivity index (χ3v) is 6.82. The van der Waals surface area contributed by atoms with Crippen LogP contribution in [0.2, 0.25) is 0 Å². The zero-order valence-electron chi connectivity index (χ0n) is 17.9. The minimum Gasteiger partial charge on any atom is -0.381 e. The molecule has 30 heavy (non-hydrogen) atoms. The number of ether oxygens (including phenoxy) is 1. The fourth-order valence-corrected chi connectivity index (χ4v) is 5.07. The molecule has 0 aromatic heterocycles. The molecule has 0 spiro atoms. The molecule has 0 radical (unpaired) electrons. The topological polar surface area (TPSA) is 9.23 Å². The number of rotatable bonds is 5. The van der Waals surface area contributed by atoms with Gasteiger partial charge in [0.15, 0.2) is 0 Å². The van der Waals surface area contributed by atoms with E-state index >= 15 is 0 Å². The van der Waals surface area contributed by atoms with Crippen molar-refractivity contribution in [2.45, 2.75) is 39.0 Å². The highest BCUT2D eigenvalue weighted by atomic mass is 16.5. The van der Waals surface area contributed by atoms with Crippen molar-refractivity contribution in [1.82, 2.24) is 0 Å². The quantitative estimate of drug-likeness (QED) is 0.434. The van der Waals surface area contributed by atoms with Gasteiger partial charge in [0, 0.05) is 13.2 Å². The highest BCUT2D eigenvalue weighted by Crippen LogP contribution is 2.40. The van der Waals surface area contributed by atoms with Crippen molar-refractivity contribution in [3.63, 3.8) is 0 Å². The Labute approximate surface area is 180 Å². The number of fused-ring (bicyclic) bond motifs is 2. The Balaban J connectivity index is 1.50. The summed E-state index contributed by atoms with van der Waals surface area (Å²) in [4.78, 5) is 0. The van der Waals surface area contributed by atoms with E-state index in [4.69, 9.17) is 4.74 Å². The predicted molar refractivity (Wildman–Crippen MR) is 128 cm³/mol. The van der Waals surface area contributed by atoms with Crippen molar-refractivity contribution in [1.29, 1.82) is 0 Å². The molecule has 0 N–H and O–H groups in total. The maximum Gasteiger partial charge on any atom is 0.0468 e. The zero-order valence-corrected chi connectivity index (χ0v) is 17.9. The molecule has 5 rings (SSSR count). The van der Waals surface area contributed by atoms with Crippen molar-refractivity contribution in [3.05, 3.63) is 89.0 Å². The van der Waals surface area contributed by atoms with Gasteiger partial charge >= 0.3 is 0 Å². The fourth-order valence-electron chi connectivity index (χ4n) is 5.07. The van der Waals surface area contributed by atoms with Gasteiger partial charge in [0.2, 0.25) is 0 Å². The van der Waals surface area contributed by atoms with Crippen LogP contribution >= 0.6 is 0 Å². The molecule has 1 fully saturated rings. The summed E-state index contributed by atoms with van der Waals surface area (Å²) in [7, 11) is 0. The van der Waals surface area contributed by atoms with Crippen LogP contribution in [0.15, 0.2) is 66.7 Å². The summed E-state index contributed by atoms with van der Waals surface area (Å²) < 4.78 is 5.54. The van der Waals surface area contributed by atoms with E-state index in [2.05, 4.69) is 79.7 Å². The minimum atomic E-state index is 0.811. The molecule has 1 aliphatic heterocycles. The first kappa shape index (κ1) is 19.3. The van der Waals surface area contributed by atoms with E-state index in [-0.39, 0.29) is 0 Å². The molecule has 2 aliphatic rings. The molecule has 0 atom stereocenters. The Kier molecular flexibility index (Phi) is 5.55. The van der Waals surface area contributed by atoms with Crippen LogP contribution in [-0.4, -0.2) is 13.2 Å². The summed E-state index contributed by atoms with van der Waals surface area (Å²) in [5.74, 6) is 0.811. The van der Waals surface area contributed by atoms with Gasteiger partial charge < -0.3 is 4.74 Å². The second kappa shape index (κ2) is 8.62. The van der Waals surface area contributed by atoms with E-state index in [1.807, 2.05) is 0 Å². The third kappa shape index (κ3) is 3.75. The van der Waals surface area contributed by atoms with Crippen molar-refractivity contribution >= 4 is 28.0 Å². The summed E-state index contributed by atoms with van der Waals surface area (Å²) in [6, 6.07) is 22.3. The highest BCUT2D eigenvalue weighted by Gasteiger charge is 2.20. The smallest absolute Gasteiger partial charge is 0.0468 e. The summed E-state index contributed by atoms with van der Waals surface area (Å²) >= 11 is 0. The SMILES string of the molecule is CCc1ccc(/C=C2\C=C(CCC3CCOCC3)c3ccccc32)c2ccccc12. The fraction of sp³-hybridized carbons (Fsp3) is 0.310. The second-order valence-electron chi connectivity index (χ2n) is 8.62. The second-order valence-corrected chi connectivity index (χ2v) is 8.62. The van der Waals surface area contributed by atoms with E-state index in [9.17, 15) is 0 Å². The van der Waals surface area contributed by atoms with Crippen LogP contribution in [0, 0.1) is 5.92 Å². The van der Waals surface area contributed by atoms with Crippen molar-refractivity contribution in [2.24, 2.45) is 5.92 Å². The van der Waals surface area contributed by atoms with Gasteiger partial charge in [0.1, 0.15) is 0 Å². The maximum atomic E-state index is 5.54. The molecule has 1 heteroatoms. The number of aryl methyl sites for hydroxylation is 1. The van der Waals surface area contributed by atoms with Gasteiger partial charge in [-0.25, -0.2) is 0 Å². The average molecular weight is 395 g/mol. The van der Waals surface area contributed by atoms with Gasteiger partial charge in [-0.2, -0.15) is 0 Å². The van der Waals surface area contributed by atoms with E-state index in [1.165, 1.54) is 63.4 Å². The molecular formula is C29H30O. The molecule has 1 heterocycles. The Bertz CT molecular complexity index is 1110. The summed E-state index contributed by atoms with van der Waals surface area (Å²) in [5.41, 5.74) is 8.38.